The molecule has 1 atom stereocenters. The summed E-state index contributed by atoms with van der Waals surface area (Å²) in [5, 5.41) is 0. The maximum atomic E-state index is 10.5. The Balaban J connectivity index is 2.19. The maximum Gasteiger partial charge on any atom is 0.130 e. The van der Waals surface area contributed by atoms with Crippen LogP contribution < -0.4 is 0 Å². The Labute approximate surface area is 55.2 Å². The molecule has 9 heavy (non-hydrogen) atoms. The molecule has 0 aromatic carbocycles. The van der Waals surface area contributed by atoms with Crippen LogP contribution in [0.4, 0.5) is 0 Å². The molecule has 0 aromatic rings. The van der Waals surface area contributed by atoms with E-state index in [0.717, 1.165) is 19.6 Å². The van der Waals surface area contributed by atoms with Gasteiger partial charge in [0.25, 0.3) is 0 Å². The Morgan fingerprint density at radius 1 is 1.78 bits per heavy atom. The van der Waals surface area contributed by atoms with Gasteiger partial charge in [0.05, 0.1) is 0 Å². The van der Waals surface area contributed by atoms with Gasteiger partial charge in [-0.1, -0.05) is 0 Å². The summed E-state index contributed by atoms with van der Waals surface area (Å²) < 4.78 is 5.11. The molecule has 2 nitrogen and oxygen atoms in total. The number of ketones is 1. The van der Waals surface area contributed by atoms with Crippen LogP contribution in [0.5, 0.6) is 0 Å². The molecule has 1 fully saturated rings. The van der Waals surface area contributed by atoms with Crippen molar-refractivity contribution in [1.82, 2.24) is 0 Å². The lowest BCUT2D eigenvalue weighted by Gasteiger charge is -2.00. The van der Waals surface area contributed by atoms with Gasteiger partial charge in [-0.05, 0) is 19.3 Å². The molecule has 0 saturated carbocycles. The summed E-state index contributed by atoms with van der Waals surface area (Å²) in [5.74, 6) is 0.799. The van der Waals surface area contributed by atoms with Crippen LogP contribution in [0.3, 0.4) is 0 Å². The van der Waals surface area contributed by atoms with Crippen molar-refractivity contribution < 1.29 is 9.53 Å². The number of hydrogen-bond acceptors (Lipinski definition) is 2. The monoisotopic (exact) mass is 128 g/mol. The lowest BCUT2D eigenvalue weighted by Crippen LogP contribution is -2.04. The van der Waals surface area contributed by atoms with Crippen molar-refractivity contribution >= 4 is 5.78 Å². The normalized spacial score (nSPS) is 26.6. The third kappa shape index (κ3) is 2.14. The zero-order valence-electron chi connectivity index (χ0n) is 5.72. The Morgan fingerprint density at radius 2 is 2.56 bits per heavy atom. The zero-order chi connectivity index (χ0) is 6.69. The predicted molar refractivity (Wildman–Crippen MR) is 34.2 cm³/mol. The van der Waals surface area contributed by atoms with E-state index in [4.69, 9.17) is 4.74 Å². The molecule has 1 unspecified atom stereocenters. The van der Waals surface area contributed by atoms with Gasteiger partial charge in [-0.3, -0.25) is 0 Å². The standard InChI is InChI=1S/C7H12O2/c1-6(8)4-7-2-3-9-5-7/h7H,2-5H2,1H3. The number of rotatable bonds is 2. The summed E-state index contributed by atoms with van der Waals surface area (Å²) in [6, 6.07) is 0. The summed E-state index contributed by atoms with van der Waals surface area (Å²) in [6.45, 7) is 3.27. The smallest absolute Gasteiger partial charge is 0.130 e. The number of ether oxygens (including phenoxy) is 1. The molecule has 0 aromatic heterocycles. The molecule has 2 heteroatoms. The summed E-state index contributed by atoms with van der Waals surface area (Å²) in [4.78, 5) is 10.5. The van der Waals surface area contributed by atoms with Crippen molar-refractivity contribution in [2.75, 3.05) is 13.2 Å². The van der Waals surface area contributed by atoms with Crippen LogP contribution in [0.1, 0.15) is 19.8 Å². The topological polar surface area (TPSA) is 26.3 Å². The van der Waals surface area contributed by atoms with Gasteiger partial charge in [0.2, 0.25) is 0 Å². The molecule has 1 heterocycles. The largest absolute Gasteiger partial charge is 0.381 e. The Hall–Kier alpha value is -0.370. The maximum absolute atomic E-state index is 10.5. The average molecular weight is 128 g/mol. The van der Waals surface area contributed by atoms with E-state index in [1.807, 2.05) is 0 Å². The molecule has 0 aliphatic carbocycles. The zero-order valence-corrected chi connectivity index (χ0v) is 5.72. The van der Waals surface area contributed by atoms with Crippen molar-refractivity contribution in [2.24, 2.45) is 5.92 Å². The van der Waals surface area contributed by atoms with Crippen LogP contribution in [0.2, 0.25) is 0 Å². The van der Waals surface area contributed by atoms with Crippen LogP contribution in [-0.4, -0.2) is 19.0 Å². The fourth-order valence-corrected chi connectivity index (χ4v) is 1.15. The lowest BCUT2D eigenvalue weighted by atomic mass is 10.0. The predicted octanol–water partition coefficient (Wildman–Crippen LogP) is 1.00. The van der Waals surface area contributed by atoms with E-state index in [0.29, 0.717) is 12.3 Å². The van der Waals surface area contributed by atoms with Gasteiger partial charge in [0.15, 0.2) is 0 Å². The van der Waals surface area contributed by atoms with E-state index >= 15 is 0 Å². The highest BCUT2D eigenvalue weighted by atomic mass is 16.5. The fourth-order valence-electron chi connectivity index (χ4n) is 1.15. The molecule has 0 bridgehead atoms. The summed E-state index contributed by atoms with van der Waals surface area (Å²) in [6.07, 6.45) is 1.78. The van der Waals surface area contributed by atoms with Crippen molar-refractivity contribution in [1.29, 1.82) is 0 Å². The Bertz CT molecular complexity index is 103. The molecule has 0 N–H and O–H groups in total. The summed E-state index contributed by atoms with van der Waals surface area (Å²) in [5.41, 5.74) is 0. The summed E-state index contributed by atoms with van der Waals surface area (Å²) in [7, 11) is 0. The second kappa shape index (κ2) is 2.97. The number of carbonyl (C=O) groups is 1. The minimum atomic E-state index is 0.283. The molecular weight excluding hydrogens is 116 g/mol. The quantitative estimate of drug-likeness (QED) is 0.554. The van der Waals surface area contributed by atoms with Crippen LogP contribution in [0.25, 0.3) is 0 Å². The third-order valence-corrected chi connectivity index (χ3v) is 1.60. The summed E-state index contributed by atoms with van der Waals surface area (Å²) >= 11 is 0. The Kier molecular flexibility index (Phi) is 2.22. The Morgan fingerprint density at radius 3 is 3.00 bits per heavy atom. The first-order valence-corrected chi connectivity index (χ1v) is 3.36. The first-order chi connectivity index (χ1) is 4.29. The van der Waals surface area contributed by atoms with Gasteiger partial charge in [-0.15, -0.1) is 0 Å². The van der Waals surface area contributed by atoms with Gasteiger partial charge >= 0.3 is 0 Å². The highest BCUT2D eigenvalue weighted by molar-refractivity contribution is 5.75. The lowest BCUT2D eigenvalue weighted by molar-refractivity contribution is -0.117. The number of hydrogen-bond donors (Lipinski definition) is 0. The minimum Gasteiger partial charge on any atom is -0.381 e. The molecule has 0 radical (unpaired) electrons. The molecule has 1 rings (SSSR count). The van der Waals surface area contributed by atoms with Gasteiger partial charge in [-0.2, -0.15) is 0 Å². The molecule has 1 saturated heterocycles. The second-order valence-electron chi connectivity index (χ2n) is 2.64. The second-order valence-corrected chi connectivity index (χ2v) is 2.64. The van der Waals surface area contributed by atoms with Gasteiger partial charge < -0.3 is 9.53 Å². The number of carbonyl (C=O) groups excluding carboxylic acids is 1. The number of Topliss-reactive ketones (excluding diaryl/α,β-unsaturated/α-hetero) is 1. The van der Waals surface area contributed by atoms with E-state index in [1.54, 1.807) is 6.92 Å². The molecular formula is C7H12O2. The highest BCUT2D eigenvalue weighted by Gasteiger charge is 2.16. The van der Waals surface area contributed by atoms with Crippen LogP contribution in [-0.2, 0) is 9.53 Å². The first kappa shape index (κ1) is 6.75. The van der Waals surface area contributed by atoms with E-state index < -0.39 is 0 Å². The molecule has 0 amide bonds. The van der Waals surface area contributed by atoms with E-state index in [1.165, 1.54) is 0 Å². The highest BCUT2D eigenvalue weighted by Crippen LogP contribution is 2.15. The fraction of sp³-hybridized carbons (Fsp3) is 0.857. The SMILES string of the molecule is CC(=O)CC1CCOC1. The average Bonchev–Trinajstić information content (AvgIpc) is 2.15. The minimum absolute atomic E-state index is 0.283. The van der Waals surface area contributed by atoms with Crippen molar-refractivity contribution in [3.05, 3.63) is 0 Å². The van der Waals surface area contributed by atoms with Gasteiger partial charge in [0, 0.05) is 19.6 Å². The van der Waals surface area contributed by atoms with Crippen molar-refractivity contribution in [3.8, 4) is 0 Å². The van der Waals surface area contributed by atoms with E-state index in [-0.39, 0.29) is 5.78 Å². The van der Waals surface area contributed by atoms with E-state index in [2.05, 4.69) is 0 Å². The van der Waals surface area contributed by atoms with Crippen molar-refractivity contribution in [3.63, 3.8) is 0 Å². The van der Waals surface area contributed by atoms with Gasteiger partial charge in [0.1, 0.15) is 5.78 Å². The third-order valence-electron chi connectivity index (χ3n) is 1.60. The van der Waals surface area contributed by atoms with Crippen molar-refractivity contribution in [2.45, 2.75) is 19.8 Å². The van der Waals surface area contributed by atoms with Crippen LogP contribution >= 0.6 is 0 Å². The van der Waals surface area contributed by atoms with Crippen LogP contribution in [0, 0.1) is 5.92 Å². The molecule has 52 valence electrons. The molecule has 1 aliphatic heterocycles. The molecule has 1 aliphatic rings. The molecule has 0 spiro atoms. The van der Waals surface area contributed by atoms with Crippen LogP contribution in [0.15, 0.2) is 0 Å². The first-order valence-electron chi connectivity index (χ1n) is 3.36. The van der Waals surface area contributed by atoms with Gasteiger partial charge in [-0.25, -0.2) is 0 Å². The van der Waals surface area contributed by atoms with E-state index in [9.17, 15) is 4.79 Å².